The quantitative estimate of drug-likeness (QED) is 0.330. The Morgan fingerprint density at radius 1 is 1.21 bits per heavy atom. The second-order valence-corrected chi connectivity index (χ2v) is 5.37. The standard InChI is InChI=1S/C15H20O9/c1-2-7-3-4-8(9(17)5-7)14(21)23-24-15-13(20)12(19)11(18)10(6-16)22-15/h3-5,10-13,15-20H,2,6H2,1H3/t10-,11-,12+,13-,15?/m1/s1. The van der Waals surface area contributed by atoms with Crippen LogP contribution in [0, 0.1) is 0 Å². The van der Waals surface area contributed by atoms with Crippen LogP contribution in [-0.2, 0) is 20.9 Å². The van der Waals surface area contributed by atoms with Crippen molar-refractivity contribution in [2.45, 2.75) is 44.1 Å². The number of aromatic hydroxyl groups is 1. The Kier molecular flexibility index (Phi) is 6.10. The van der Waals surface area contributed by atoms with Gasteiger partial charge in [-0.3, -0.25) is 4.89 Å². The van der Waals surface area contributed by atoms with Crippen LogP contribution in [0.2, 0.25) is 0 Å². The van der Waals surface area contributed by atoms with Gasteiger partial charge in [-0.1, -0.05) is 13.0 Å². The van der Waals surface area contributed by atoms with Gasteiger partial charge in [0.15, 0.2) is 0 Å². The molecule has 1 aromatic rings. The molecule has 9 nitrogen and oxygen atoms in total. The number of carbonyl (C=O) groups excluding carboxylic acids is 1. The van der Waals surface area contributed by atoms with E-state index in [2.05, 4.69) is 9.78 Å². The zero-order valence-corrected chi connectivity index (χ0v) is 12.9. The van der Waals surface area contributed by atoms with Crippen molar-refractivity contribution in [1.29, 1.82) is 0 Å². The number of aryl methyl sites for hydroxylation is 1. The van der Waals surface area contributed by atoms with Crippen LogP contribution < -0.4 is 0 Å². The summed E-state index contributed by atoms with van der Waals surface area (Å²) >= 11 is 0. The van der Waals surface area contributed by atoms with Crippen LogP contribution in [0.15, 0.2) is 18.2 Å². The summed E-state index contributed by atoms with van der Waals surface area (Å²) in [5.74, 6) is -1.33. The second-order valence-electron chi connectivity index (χ2n) is 5.37. The van der Waals surface area contributed by atoms with E-state index in [0.717, 1.165) is 5.56 Å². The lowest BCUT2D eigenvalue weighted by Gasteiger charge is -2.38. The van der Waals surface area contributed by atoms with Crippen molar-refractivity contribution in [3.63, 3.8) is 0 Å². The molecule has 2 rings (SSSR count). The highest BCUT2D eigenvalue weighted by Crippen LogP contribution is 2.24. The molecular formula is C15H20O9. The number of hydrogen-bond acceptors (Lipinski definition) is 9. The van der Waals surface area contributed by atoms with Crippen molar-refractivity contribution < 1.29 is 44.8 Å². The molecule has 5 N–H and O–H groups in total. The third-order valence-electron chi connectivity index (χ3n) is 3.76. The lowest BCUT2D eigenvalue weighted by atomic mass is 9.99. The Morgan fingerprint density at radius 2 is 1.92 bits per heavy atom. The Balaban J connectivity index is 2.00. The number of aliphatic hydroxyl groups excluding tert-OH is 4. The van der Waals surface area contributed by atoms with E-state index in [1.54, 1.807) is 6.07 Å². The molecule has 1 aliphatic heterocycles. The average molecular weight is 344 g/mol. The topological polar surface area (TPSA) is 146 Å². The lowest BCUT2D eigenvalue weighted by Crippen LogP contribution is -2.59. The van der Waals surface area contributed by atoms with Gasteiger partial charge in [-0.05, 0) is 24.1 Å². The van der Waals surface area contributed by atoms with Crippen LogP contribution >= 0.6 is 0 Å². The first-order valence-electron chi connectivity index (χ1n) is 7.39. The molecule has 24 heavy (non-hydrogen) atoms. The number of hydrogen-bond donors (Lipinski definition) is 5. The van der Waals surface area contributed by atoms with Crippen LogP contribution in [0.3, 0.4) is 0 Å². The van der Waals surface area contributed by atoms with Crippen molar-refractivity contribution in [2.75, 3.05) is 6.61 Å². The van der Waals surface area contributed by atoms with Gasteiger partial charge in [0.25, 0.3) is 0 Å². The molecule has 9 heteroatoms. The van der Waals surface area contributed by atoms with Gasteiger partial charge >= 0.3 is 5.97 Å². The summed E-state index contributed by atoms with van der Waals surface area (Å²) in [6.45, 7) is 1.24. The first kappa shape index (κ1) is 18.6. The molecule has 1 saturated heterocycles. The van der Waals surface area contributed by atoms with E-state index >= 15 is 0 Å². The van der Waals surface area contributed by atoms with E-state index < -0.39 is 43.3 Å². The van der Waals surface area contributed by atoms with Gasteiger partial charge in [0, 0.05) is 0 Å². The first-order valence-corrected chi connectivity index (χ1v) is 7.39. The highest BCUT2D eigenvalue weighted by atomic mass is 17.2. The van der Waals surface area contributed by atoms with E-state index in [0.29, 0.717) is 6.42 Å². The summed E-state index contributed by atoms with van der Waals surface area (Å²) < 4.78 is 5.01. The van der Waals surface area contributed by atoms with E-state index in [4.69, 9.17) is 9.84 Å². The molecule has 0 aliphatic carbocycles. The van der Waals surface area contributed by atoms with Gasteiger partial charge in [0.05, 0.1) is 6.61 Å². The summed E-state index contributed by atoms with van der Waals surface area (Å²) in [7, 11) is 0. The molecule has 1 aliphatic rings. The van der Waals surface area contributed by atoms with Crippen LogP contribution in [0.4, 0.5) is 0 Å². The SMILES string of the molecule is CCc1ccc(C(=O)OOC2O[C@H](CO)[C@@H](O)[C@H](O)[C@H]2O)c(O)c1. The van der Waals surface area contributed by atoms with Crippen LogP contribution in [-0.4, -0.2) is 68.8 Å². The monoisotopic (exact) mass is 344 g/mol. The maximum Gasteiger partial charge on any atom is 0.376 e. The number of rotatable bonds is 5. The predicted molar refractivity (Wildman–Crippen MR) is 77.8 cm³/mol. The summed E-state index contributed by atoms with van der Waals surface area (Å²) in [6.07, 6.45) is -7.04. The zero-order valence-electron chi connectivity index (χ0n) is 12.9. The molecule has 1 aromatic carbocycles. The Labute approximate surface area is 137 Å². The van der Waals surface area contributed by atoms with E-state index in [1.165, 1.54) is 12.1 Å². The molecule has 0 bridgehead atoms. The third-order valence-corrected chi connectivity index (χ3v) is 3.76. The third kappa shape index (κ3) is 3.83. The van der Waals surface area contributed by atoms with Gasteiger partial charge < -0.3 is 30.3 Å². The first-order chi connectivity index (χ1) is 11.4. The summed E-state index contributed by atoms with van der Waals surface area (Å²) in [5.41, 5.74) is 0.663. The van der Waals surface area contributed by atoms with Crippen molar-refractivity contribution in [3.05, 3.63) is 29.3 Å². The number of phenolic OH excluding ortho intramolecular Hbond substituents is 1. The molecule has 1 heterocycles. The second kappa shape index (κ2) is 7.88. The van der Waals surface area contributed by atoms with Gasteiger partial charge in [0.1, 0.15) is 35.7 Å². The molecule has 0 saturated carbocycles. The highest BCUT2D eigenvalue weighted by molar-refractivity contribution is 5.92. The fourth-order valence-electron chi connectivity index (χ4n) is 2.25. The van der Waals surface area contributed by atoms with E-state index in [1.807, 2.05) is 6.92 Å². The lowest BCUT2D eigenvalue weighted by molar-refractivity contribution is -0.399. The number of ether oxygens (including phenoxy) is 1. The normalized spacial score (nSPS) is 30.1. The van der Waals surface area contributed by atoms with Crippen molar-refractivity contribution >= 4 is 5.97 Å². The molecular weight excluding hydrogens is 324 g/mol. The number of carbonyl (C=O) groups is 1. The van der Waals surface area contributed by atoms with Crippen LogP contribution in [0.5, 0.6) is 5.75 Å². The van der Waals surface area contributed by atoms with Crippen molar-refractivity contribution in [3.8, 4) is 5.75 Å². The maximum atomic E-state index is 11.9. The van der Waals surface area contributed by atoms with Gasteiger partial charge in [-0.2, -0.15) is 0 Å². The number of phenols is 1. The summed E-state index contributed by atoms with van der Waals surface area (Å²) in [4.78, 5) is 21.1. The molecule has 0 radical (unpaired) electrons. The maximum absolute atomic E-state index is 11.9. The van der Waals surface area contributed by atoms with E-state index in [-0.39, 0.29) is 11.3 Å². The fourth-order valence-corrected chi connectivity index (χ4v) is 2.25. The highest BCUT2D eigenvalue weighted by Gasteiger charge is 2.45. The van der Waals surface area contributed by atoms with Gasteiger partial charge in [-0.15, -0.1) is 4.89 Å². The molecule has 0 amide bonds. The smallest absolute Gasteiger partial charge is 0.376 e. The Hall–Kier alpha value is -1.75. The van der Waals surface area contributed by atoms with Crippen LogP contribution in [0.1, 0.15) is 22.8 Å². The minimum Gasteiger partial charge on any atom is -0.507 e. The molecule has 5 atom stereocenters. The minimum absolute atomic E-state index is 0.156. The zero-order chi connectivity index (χ0) is 17.9. The van der Waals surface area contributed by atoms with E-state index in [9.17, 15) is 25.2 Å². The van der Waals surface area contributed by atoms with Gasteiger partial charge in [0.2, 0.25) is 6.29 Å². The fraction of sp³-hybridized carbons (Fsp3) is 0.533. The molecule has 134 valence electrons. The van der Waals surface area contributed by atoms with Crippen molar-refractivity contribution in [1.82, 2.24) is 0 Å². The Bertz CT molecular complexity index is 574. The molecule has 0 aromatic heterocycles. The molecule has 1 unspecified atom stereocenters. The largest absolute Gasteiger partial charge is 0.507 e. The predicted octanol–water partition coefficient (Wildman–Crippen LogP) is -1.16. The minimum atomic E-state index is -1.70. The number of benzene rings is 1. The van der Waals surface area contributed by atoms with Gasteiger partial charge in [-0.25, -0.2) is 4.79 Å². The Morgan fingerprint density at radius 3 is 2.50 bits per heavy atom. The summed E-state index contributed by atoms with van der Waals surface area (Å²) in [6, 6.07) is 4.39. The number of aliphatic hydroxyl groups is 4. The average Bonchev–Trinajstić information content (AvgIpc) is 2.58. The van der Waals surface area contributed by atoms with Crippen molar-refractivity contribution in [2.24, 2.45) is 0 Å². The molecule has 0 spiro atoms. The molecule has 1 fully saturated rings. The summed E-state index contributed by atoms with van der Waals surface area (Å²) in [5, 5.41) is 47.8. The van der Waals surface area contributed by atoms with Crippen LogP contribution in [0.25, 0.3) is 0 Å².